The minimum atomic E-state index is -0.859. The van der Waals surface area contributed by atoms with Gasteiger partial charge in [0, 0.05) is 5.56 Å². The Balaban J connectivity index is 2.57. The van der Waals surface area contributed by atoms with Crippen molar-refractivity contribution in [1.82, 2.24) is 5.32 Å². The second kappa shape index (κ2) is 6.93. The van der Waals surface area contributed by atoms with Crippen LogP contribution in [-0.2, 0) is 9.53 Å². The number of amides is 1. The van der Waals surface area contributed by atoms with E-state index in [0.717, 1.165) is 0 Å². The molecule has 0 spiro atoms. The highest BCUT2D eigenvalue weighted by Gasteiger charge is 2.22. The molecule has 0 aliphatic carbocycles. The minimum Gasteiger partial charge on any atom is -0.444 e. The van der Waals surface area contributed by atoms with E-state index in [1.807, 2.05) is 0 Å². The van der Waals surface area contributed by atoms with Crippen molar-refractivity contribution in [3.8, 4) is 5.75 Å². The zero-order valence-corrected chi connectivity index (χ0v) is 13.1. The highest BCUT2D eigenvalue weighted by Crippen LogP contribution is 2.13. The number of nitrogens with one attached hydrogen (secondary N) is 2. The van der Waals surface area contributed by atoms with Crippen molar-refractivity contribution in [2.75, 3.05) is 0 Å². The maximum absolute atomic E-state index is 11.9. The van der Waals surface area contributed by atoms with E-state index in [2.05, 4.69) is 5.32 Å². The van der Waals surface area contributed by atoms with Crippen LogP contribution < -0.4 is 15.8 Å². The number of rotatable bonds is 4. The van der Waals surface area contributed by atoms with Gasteiger partial charge in [-0.2, -0.15) is 0 Å². The average molecular weight is 307 g/mol. The second-order valence-corrected chi connectivity index (χ2v) is 5.73. The van der Waals surface area contributed by atoms with Crippen molar-refractivity contribution in [1.29, 1.82) is 5.41 Å². The van der Waals surface area contributed by atoms with Gasteiger partial charge in [0.25, 0.3) is 0 Å². The molecular formula is C15H21N3O4. The summed E-state index contributed by atoms with van der Waals surface area (Å²) in [5.74, 6) is -0.396. The Morgan fingerprint density at radius 3 is 2.23 bits per heavy atom. The molecule has 0 unspecified atom stereocenters. The second-order valence-electron chi connectivity index (χ2n) is 5.73. The standard InChI is InChI=1S/C15H21N3O4/c1-9(18-14(20)22-15(2,3)4)13(19)21-11-7-5-10(6-8-11)12(16)17/h5-9H,1-4H3,(H3,16,17)(H,18,20)/t9-/m0/s1. The number of hydrogen-bond donors (Lipinski definition) is 3. The molecule has 1 aromatic carbocycles. The Kier molecular flexibility index (Phi) is 5.50. The highest BCUT2D eigenvalue weighted by atomic mass is 16.6. The molecular weight excluding hydrogens is 286 g/mol. The first kappa shape index (κ1) is 17.5. The van der Waals surface area contributed by atoms with Gasteiger partial charge in [-0.15, -0.1) is 0 Å². The van der Waals surface area contributed by atoms with Gasteiger partial charge in [0.15, 0.2) is 0 Å². The fourth-order valence-electron chi connectivity index (χ4n) is 1.45. The number of alkyl carbamates (subject to hydrolysis) is 1. The summed E-state index contributed by atoms with van der Waals surface area (Å²) in [6.45, 7) is 6.68. The van der Waals surface area contributed by atoms with Crippen LogP contribution >= 0.6 is 0 Å². The van der Waals surface area contributed by atoms with Gasteiger partial charge in [-0.1, -0.05) is 0 Å². The molecule has 22 heavy (non-hydrogen) atoms. The van der Waals surface area contributed by atoms with Crippen LogP contribution in [-0.4, -0.2) is 29.5 Å². The summed E-state index contributed by atoms with van der Waals surface area (Å²) in [6, 6.07) is 5.32. The molecule has 0 aromatic heterocycles. The van der Waals surface area contributed by atoms with Gasteiger partial charge in [-0.3, -0.25) is 5.41 Å². The van der Waals surface area contributed by atoms with Crippen molar-refractivity contribution in [3.05, 3.63) is 29.8 Å². The summed E-state index contributed by atoms with van der Waals surface area (Å²) in [4.78, 5) is 23.4. The molecule has 1 amide bonds. The largest absolute Gasteiger partial charge is 0.444 e. The zero-order chi connectivity index (χ0) is 16.9. The molecule has 7 heteroatoms. The summed E-state index contributed by atoms with van der Waals surface area (Å²) in [5, 5.41) is 9.67. The maximum atomic E-state index is 11.9. The fraction of sp³-hybridized carbons (Fsp3) is 0.400. The number of carbonyl (C=O) groups excluding carboxylic acids is 2. The van der Waals surface area contributed by atoms with E-state index in [-0.39, 0.29) is 5.84 Å². The molecule has 4 N–H and O–H groups in total. The van der Waals surface area contributed by atoms with E-state index in [1.165, 1.54) is 19.1 Å². The van der Waals surface area contributed by atoms with Crippen LogP contribution in [0.3, 0.4) is 0 Å². The lowest BCUT2D eigenvalue weighted by atomic mass is 10.2. The summed E-state index contributed by atoms with van der Waals surface area (Å²) in [6.07, 6.45) is -0.691. The smallest absolute Gasteiger partial charge is 0.408 e. The third kappa shape index (κ3) is 5.82. The molecule has 0 fully saturated rings. The topological polar surface area (TPSA) is 114 Å². The van der Waals surface area contributed by atoms with E-state index in [4.69, 9.17) is 20.6 Å². The van der Waals surface area contributed by atoms with Gasteiger partial charge in [0.1, 0.15) is 23.2 Å². The van der Waals surface area contributed by atoms with Crippen LogP contribution in [0.1, 0.15) is 33.3 Å². The Hall–Kier alpha value is -2.57. The molecule has 1 aromatic rings. The van der Waals surface area contributed by atoms with Crippen LogP contribution in [0, 0.1) is 5.41 Å². The van der Waals surface area contributed by atoms with E-state index < -0.39 is 23.7 Å². The van der Waals surface area contributed by atoms with Gasteiger partial charge >= 0.3 is 12.1 Å². The third-order valence-corrected chi connectivity index (χ3v) is 2.47. The van der Waals surface area contributed by atoms with Crippen molar-refractivity contribution in [2.24, 2.45) is 5.73 Å². The predicted octanol–water partition coefficient (Wildman–Crippen LogP) is 1.79. The van der Waals surface area contributed by atoms with E-state index >= 15 is 0 Å². The Labute approximate surface area is 129 Å². The van der Waals surface area contributed by atoms with Gasteiger partial charge in [0.05, 0.1) is 0 Å². The molecule has 1 atom stereocenters. The van der Waals surface area contributed by atoms with Crippen LogP contribution in [0.25, 0.3) is 0 Å². The number of ether oxygens (including phenoxy) is 2. The van der Waals surface area contributed by atoms with E-state index in [1.54, 1.807) is 32.9 Å². The van der Waals surface area contributed by atoms with Gasteiger partial charge in [-0.05, 0) is 52.0 Å². The summed E-state index contributed by atoms with van der Waals surface area (Å²) >= 11 is 0. The first-order valence-electron chi connectivity index (χ1n) is 6.74. The molecule has 0 saturated heterocycles. The molecule has 0 heterocycles. The van der Waals surface area contributed by atoms with Crippen LogP contribution in [0.5, 0.6) is 5.75 Å². The average Bonchev–Trinajstić information content (AvgIpc) is 2.36. The first-order chi connectivity index (χ1) is 10.1. The summed E-state index contributed by atoms with van der Waals surface area (Å²) < 4.78 is 10.2. The van der Waals surface area contributed by atoms with Crippen molar-refractivity contribution < 1.29 is 19.1 Å². The number of benzene rings is 1. The lowest BCUT2D eigenvalue weighted by Gasteiger charge is -2.21. The Bertz CT molecular complexity index is 561. The van der Waals surface area contributed by atoms with Gasteiger partial charge in [0.2, 0.25) is 0 Å². The number of esters is 1. The van der Waals surface area contributed by atoms with E-state index in [9.17, 15) is 9.59 Å². The van der Waals surface area contributed by atoms with Crippen LogP contribution in [0.4, 0.5) is 4.79 Å². The molecule has 0 bridgehead atoms. The number of nitrogens with two attached hydrogens (primary N) is 1. The van der Waals surface area contributed by atoms with Crippen molar-refractivity contribution in [3.63, 3.8) is 0 Å². The molecule has 7 nitrogen and oxygen atoms in total. The first-order valence-corrected chi connectivity index (χ1v) is 6.74. The number of hydrogen-bond acceptors (Lipinski definition) is 5. The monoisotopic (exact) mass is 307 g/mol. The lowest BCUT2D eigenvalue weighted by Crippen LogP contribution is -2.43. The molecule has 0 saturated carbocycles. The Morgan fingerprint density at radius 2 is 1.77 bits per heavy atom. The van der Waals surface area contributed by atoms with Crippen LogP contribution in [0.15, 0.2) is 24.3 Å². The zero-order valence-electron chi connectivity index (χ0n) is 13.1. The molecule has 0 radical (unpaired) electrons. The van der Waals surface area contributed by atoms with Gasteiger partial charge < -0.3 is 20.5 Å². The molecule has 1 rings (SSSR count). The van der Waals surface area contributed by atoms with E-state index in [0.29, 0.717) is 11.3 Å². The summed E-state index contributed by atoms with van der Waals surface area (Å²) in [7, 11) is 0. The molecule has 120 valence electrons. The molecule has 0 aliphatic rings. The number of nitrogen functional groups attached to an aromatic ring is 1. The number of amidine groups is 1. The number of carbonyl (C=O) groups is 2. The quantitative estimate of drug-likeness (QED) is 0.339. The SMILES string of the molecule is C[C@H](NC(=O)OC(C)(C)C)C(=O)Oc1ccc(C(=N)N)cc1. The fourth-order valence-corrected chi connectivity index (χ4v) is 1.45. The predicted molar refractivity (Wildman–Crippen MR) is 81.9 cm³/mol. The van der Waals surface area contributed by atoms with Crippen molar-refractivity contribution >= 4 is 17.9 Å². The van der Waals surface area contributed by atoms with Crippen molar-refractivity contribution in [2.45, 2.75) is 39.3 Å². The lowest BCUT2D eigenvalue weighted by molar-refractivity contribution is -0.136. The molecule has 0 aliphatic heterocycles. The maximum Gasteiger partial charge on any atom is 0.408 e. The Morgan fingerprint density at radius 1 is 1.23 bits per heavy atom. The minimum absolute atomic E-state index is 0.0714. The van der Waals surface area contributed by atoms with Gasteiger partial charge in [-0.25, -0.2) is 9.59 Å². The highest BCUT2D eigenvalue weighted by molar-refractivity contribution is 5.95. The summed E-state index contributed by atoms with van der Waals surface area (Å²) in [5.41, 5.74) is 5.22. The normalized spacial score (nSPS) is 12.2. The third-order valence-electron chi connectivity index (χ3n) is 2.47. The van der Waals surface area contributed by atoms with Crippen LogP contribution in [0.2, 0.25) is 0 Å².